The molecular weight excluding hydrogens is 751 g/mol. The third kappa shape index (κ3) is 12.6. The molecule has 0 unspecified atom stereocenters. The number of nitrogens with zero attached hydrogens (tertiary/aromatic N) is 5. The van der Waals surface area contributed by atoms with Crippen LogP contribution < -0.4 is 27.9 Å². The third-order valence-corrected chi connectivity index (χ3v) is 8.18. The Labute approximate surface area is 307 Å². The van der Waals surface area contributed by atoms with Crippen molar-refractivity contribution in [2.75, 3.05) is 47.7 Å². The van der Waals surface area contributed by atoms with Gasteiger partial charge in [-0.15, -0.1) is 23.5 Å². The number of thioether (sulfide) groups is 2. The van der Waals surface area contributed by atoms with E-state index >= 15 is 0 Å². The molecule has 2 aromatic carbocycles. The summed E-state index contributed by atoms with van der Waals surface area (Å²) >= 11 is 2.49. The van der Waals surface area contributed by atoms with Crippen LogP contribution in [-0.2, 0) is 34.8 Å². The number of nitrogens with one attached hydrogen (secondary N) is 2. The van der Waals surface area contributed by atoms with Gasteiger partial charge in [0.15, 0.2) is 17.9 Å². The number of aldehydes is 1. The number of alkyl halides is 6. The molecule has 0 bridgehead atoms. The van der Waals surface area contributed by atoms with Gasteiger partial charge in [0.25, 0.3) is 0 Å². The van der Waals surface area contributed by atoms with Crippen LogP contribution >= 0.6 is 23.5 Å². The van der Waals surface area contributed by atoms with Gasteiger partial charge in [-0.2, -0.15) is 41.4 Å². The summed E-state index contributed by atoms with van der Waals surface area (Å²) in [6, 6.07) is 9.22. The number of Topliss-reactive ketones (excluding diaryl/α,β-unsaturated/α-hetero) is 2. The lowest BCUT2D eigenvalue weighted by atomic mass is 10.1. The highest BCUT2D eigenvalue weighted by atomic mass is 32.2. The molecule has 0 saturated carbocycles. The second-order valence-corrected chi connectivity index (χ2v) is 12.2. The number of carbonyl (C=O) groups excluding carboxylic acids is 3. The smallest absolute Gasteiger partial charge is 0.368 e. The van der Waals surface area contributed by atoms with Crippen molar-refractivity contribution in [1.82, 2.24) is 19.9 Å². The molecular formula is C32H32F6N10O3S2. The maximum atomic E-state index is 12.8. The van der Waals surface area contributed by atoms with Crippen LogP contribution in [0.5, 0.6) is 0 Å². The van der Waals surface area contributed by atoms with E-state index in [1.165, 1.54) is 54.0 Å². The van der Waals surface area contributed by atoms with Crippen LogP contribution in [0.1, 0.15) is 38.2 Å². The minimum absolute atomic E-state index is 0.00125. The predicted molar refractivity (Wildman–Crippen MR) is 191 cm³/mol. The van der Waals surface area contributed by atoms with E-state index in [0.717, 1.165) is 24.3 Å². The second-order valence-electron chi connectivity index (χ2n) is 10.6. The fourth-order valence-corrected chi connectivity index (χ4v) is 5.57. The first-order valence-electron chi connectivity index (χ1n) is 14.9. The number of nitrogens with two attached hydrogens (primary N) is 3. The largest absolute Gasteiger partial charge is 0.416 e. The van der Waals surface area contributed by atoms with Crippen LogP contribution in [0.4, 0.5) is 49.9 Å². The molecule has 0 aliphatic heterocycles. The molecule has 0 atom stereocenters. The standard InChI is InChI=1S/C16H17F3N6OS.C16H15F3N4O2S/c1-27-14-12(8-23-21)13(24-15(20)25-14)22-7-11(26)6-9-3-2-4-10(5-9)16(17,18)19;1-26-14-12(8-24)13(22-15(20)23-14)21-7-11(25)6-9-3-2-4-10(5-9)16(17,18)19/h2-5,8H,6-7,21H2,1H3,(H3,20,22,24,25);2-5,8H,6-7H2,1H3,(H3,20,21,22,23)/b23-8+;. The summed E-state index contributed by atoms with van der Waals surface area (Å²) in [5, 5.41) is 9.83. The molecule has 53 heavy (non-hydrogen) atoms. The fourth-order valence-electron chi connectivity index (χ4n) is 4.47. The molecule has 0 spiro atoms. The van der Waals surface area contributed by atoms with E-state index in [4.69, 9.17) is 17.3 Å². The molecule has 4 aromatic rings. The van der Waals surface area contributed by atoms with Crippen LogP contribution in [0.2, 0.25) is 0 Å². The highest BCUT2D eigenvalue weighted by molar-refractivity contribution is 7.98. The monoisotopic (exact) mass is 782 g/mol. The SMILES string of the molecule is CSc1nc(N)nc(NCC(=O)Cc2cccc(C(F)(F)F)c2)c1/C=N/N.CSc1nc(N)nc(NCC(=O)Cc2cccc(C(F)(F)F)c2)c1C=O. The van der Waals surface area contributed by atoms with Crippen LogP contribution in [0.15, 0.2) is 63.7 Å². The number of aromatic nitrogens is 4. The molecule has 0 radical (unpaired) electrons. The zero-order valence-corrected chi connectivity index (χ0v) is 29.5. The number of nitrogen functional groups attached to an aromatic ring is 2. The Morgan fingerprint density at radius 3 is 1.53 bits per heavy atom. The molecule has 8 N–H and O–H groups in total. The van der Waals surface area contributed by atoms with E-state index < -0.39 is 23.5 Å². The summed E-state index contributed by atoms with van der Waals surface area (Å²) in [6.45, 7) is -0.382. The summed E-state index contributed by atoms with van der Waals surface area (Å²) in [4.78, 5) is 51.3. The summed E-state index contributed by atoms with van der Waals surface area (Å²) in [5.41, 5.74) is 10.7. The minimum Gasteiger partial charge on any atom is -0.368 e. The first kappa shape index (κ1) is 42.0. The van der Waals surface area contributed by atoms with Gasteiger partial charge in [0.05, 0.1) is 41.6 Å². The van der Waals surface area contributed by atoms with Crippen molar-refractivity contribution in [1.29, 1.82) is 0 Å². The zero-order chi connectivity index (χ0) is 39.3. The quantitative estimate of drug-likeness (QED) is 0.0213. The molecule has 21 heteroatoms. The van der Waals surface area contributed by atoms with Crippen molar-refractivity contribution in [3.05, 3.63) is 81.9 Å². The zero-order valence-electron chi connectivity index (χ0n) is 27.9. The Kier molecular flexibility index (Phi) is 14.9. The maximum Gasteiger partial charge on any atom is 0.416 e. The molecule has 0 saturated heterocycles. The highest BCUT2D eigenvalue weighted by Crippen LogP contribution is 2.31. The summed E-state index contributed by atoms with van der Waals surface area (Å²) in [6.07, 6.45) is -3.93. The van der Waals surface area contributed by atoms with E-state index in [2.05, 4.69) is 35.7 Å². The molecule has 282 valence electrons. The minimum atomic E-state index is -4.47. The number of hydrogen-bond donors (Lipinski definition) is 5. The van der Waals surface area contributed by atoms with Crippen molar-refractivity contribution in [3.8, 4) is 0 Å². The normalized spacial score (nSPS) is 11.5. The van der Waals surface area contributed by atoms with Crippen LogP contribution in [0, 0.1) is 0 Å². The summed E-state index contributed by atoms with van der Waals surface area (Å²) in [7, 11) is 0. The van der Waals surface area contributed by atoms with E-state index in [0.29, 0.717) is 21.9 Å². The van der Waals surface area contributed by atoms with E-state index in [1.807, 2.05) is 0 Å². The molecule has 0 aliphatic rings. The number of halogens is 6. The average molecular weight is 783 g/mol. The average Bonchev–Trinajstić information content (AvgIpc) is 3.10. The molecule has 4 rings (SSSR count). The van der Waals surface area contributed by atoms with Gasteiger partial charge in [0.1, 0.15) is 21.7 Å². The van der Waals surface area contributed by atoms with Gasteiger partial charge in [-0.3, -0.25) is 14.4 Å². The Morgan fingerprint density at radius 1 is 0.736 bits per heavy atom. The number of carbonyl (C=O) groups is 3. The molecule has 0 aliphatic carbocycles. The van der Waals surface area contributed by atoms with Crippen molar-refractivity contribution in [2.45, 2.75) is 35.2 Å². The number of rotatable bonds is 14. The summed E-state index contributed by atoms with van der Waals surface area (Å²) in [5.74, 6) is 4.80. The number of anilines is 4. The second kappa shape index (κ2) is 18.9. The van der Waals surface area contributed by atoms with Gasteiger partial charge in [0, 0.05) is 12.8 Å². The van der Waals surface area contributed by atoms with Gasteiger partial charge >= 0.3 is 12.4 Å². The van der Waals surface area contributed by atoms with Gasteiger partial charge in [-0.05, 0) is 35.8 Å². The van der Waals surface area contributed by atoms with Crippen molar-refractivity contribution >= 4 is 71.1 Å². The predicted octanol–water partition coefficient (Wildman–Crippen LogP) is 5.15. The van der Waals surface area contributed by atoms with Crippen LogP contribution in [-0.4, -0.2) is 69.6 Å². The lowest BCUT2D eigenvalue weighted by Crippen LogP contribution is -2.19. The Morgan fingerprint density at radius 2 is 1.15 bits per heavy atom. The van der Waals surface area contributed by atoms with Gasteiger partial charge in [0.2, 0.25) is 11.9 Å². The number of hydrogen-bond acceptors (Lipinski definition) is 15. The van der Waals surface area contributed by atoms with E-state index in [9.17, 15) is 40.7 Å². The third-order valence-electron chi connectivity index (χ3n) is 6.78. The molecule has 13 nitrogen and oxygen atoms in total. The Balaban J connectivity index is 0.000000286. The first-order chi connectivity index (χ1) is 25.0. The van der Waals surface area contributed by atoms with E-state index in [1.54, 1.807) is 12.5 Å². The molecule has 0 fully saturated rings. The maximum absolute atomic E-state index is 12.8. The van der Waals surface area contributed by atoms with Crippen molar-refractivity contribution in [3.63, 3.8) is 0 Å². The lowest BCUT2D eigenvalue weighted by Gasteiger charge is -2.12. The molecule has 0 amide bonds. The van der Waals surface area contributed by atoms with Crippen LogP contribution in [0.3, 0.4) is 0 Å². The van der Waals surface area contributed by atoms with E-state index in [-0.39, 0.29) is 77.7 Å². The summed E-state index contributed by atoms with van der Waals surface area (Å²) < 4.78 is 76.4. The first-order valence-corrected chi connectivity index (χ1v) is 17.4. The fraction of sp³-hybridized carbons (Fsp3) is 0.250. The number of ketones is 2. The number of hydrazone groups is 1. The Bertz CT molecular complexity index is 1960. The van der Waals surface area contributed by atoms with Gasteiger partial charge in [-0.1, -0.05) is 36.4 Å². The molecule has 2 heterocycles. The van der Waals surface area contributed by atoms with Gasteiger partial charge in [-0.25, -0.2) is 9.97 Å². The van der Waals surface area contributed by atoms with Crippen molar-refractivity contribution < 1.29 is 40.7 Å². The lowest BCUT2D eigenvalue weighted by molar-refractivity contribution is -0.138. The Hall–Kier alpha value is -5.44. The number of benzene rings is 2. The van der Waals surface area contributed by atoms with Crippen molar-refractivity contribution in [2.24, 2.45) is 10.9 Å². The van der Waals surface area contributed by atoms with Gasteiger partial charge < -0.3 is 27.9 Å². The molecule has 2 aromatic heterocycles. The highest BCUT2D eigenvalue weighted by Gasteiger charge is 2.31. The topological polar surface area (TPSA) is 217 Å². The van der Waals surface area contributed by atoms with Crippen LogP contribution in [0.25, 0.3) is 0 Å².